The maximum absolute atomic E-state index is 2.69. The van der Waals surface area contributed by atoms with Crippen LogP contribution in [0.5, 0.6) is 0 Å². The molecule has 2 aliphatic rings. The topological polar surface area (TPSA) is 3.24 Å². The second kappa shape index (κ2) is 4.22. The molecule has 82 valence electrons. The third-order valence-corrected chi connectivity index (χ3v) is 4.42. The van der Waals surface area contributed by atoms with Crippen LogP contribution in [0.4, 0.5) is 0 Å². The first-order valence-electron chi connectivity index (χ1n) is 6.42. The molecule has 1 nitrogen and oxygen atoms in total. The molecule has 0 amide bonds. The van der Waals surface area contributed by atoms with Gasteiger partial charge in [0.25, 0.3) is 0 Å². The van der Waals surface area contributed by atoms with Gasteiger partial charge in [-0.15, -0.1) is 0 Å². The van der Waals surface area contributed by atoms with Gasteiger partial charge in [0.1, 0.15) is 0 Å². The molecule has 0 N–H and O–H groups in total. The predicted molar refractivity (Wildman–Crippen MR) is 61.3 cm³/mol. The van der Waals surface area contributed by atoms with E-state index in [0.717, 1.165) is 23.8 Å². The van der Waals surface area contributed by atoms with Crippen LogP contribution in [-0.2, 0) is 0 Å². The highest BCUT2D eigenvalue weighted by atomic mass is 15.2. The van der Waals surface area contributed by atoms with Gasteiger partial charge in [-0.1, -0.05) is 19.8 Å². The fraction of sp³-hybridized carbons (Fsp3) is 1.00. The van der Waals surface area contributed by atoms with Gasteiger partial charge < -0.3 is 4.90 Å². The lowest BCUT2D eigenvalue weighted by Gasteiger charge is -2.46. The number of hydrogen-bond donors (Lipinski definition) is 0. The molecule has 1 aliphatic carbocycles. The molecular formula is C13H25N. The Bertz CT molecular complexity index is 188. The van der Waals surface area contributed by atoms with Crippen molar-refractivity contribution in [1.29, 1.82) is 0 Å². The van der Waals surface area contributed by atoms with Crippen LogP contribution in [-0.4, -0.2) is 24.0 Å². The summed E-state index contributed by atoms with van der Waals surface area (Å²) in [6.45, 7) is 9.88. The lowest BCUT2D eigenvalue weighted by atomic mass is 9.70. The van der Waals surface area contributed by atoms with Gasteiger partial charge in [0.15, 0.2) is 0 Å². The highest BCUT2D eigenvalue weighted by Crippen LogP contribution is 2.39. The summed E-state index contributed by atoms with van der Waals surface area (Å²) in [6, 6.07) is 0.750. The summed E-state index contributed by atoms with van der Waals surface area (Å²) in [7, 11) is 0. The first-order valence-corrected chi connectivity index (χ1v) is 6.42. The van der Waals surface area contributed by atoms with E-state index < -0.39 is 0 Å². The minimum Gasteiger partial charge on any atom is -0.300 e. The quantitative estimate of drug-likeness (QED) is 0.621. The summed E-state index contributed by atoms with van der Waals surface area (Å²) in [6.07, 6.45) is 5.99. The normalized spacial score (nSPS) is 39.9. The standard InChI is InChI=1S/C13H25N/c1-10(2)14-8-11(3)13-7-5-4-6-12(13)9-14/h10-13H,4-9H2,1-3H3/t11-,12+,13+/m0/s1. The molecule has 0 aromatic heterocycles. The van der Waals surface area contributed by atoms with Gasteiger partial charge in [0.05, 0.1) is 0 Å². The zero-order chi connectivity index (χ0) is 10.1. The number of fused-ring (bicyclic) bond motifs is 1. The SMILES string of the molecule is CC(C)N1C[C@H]2CCCC[C@@H]2[C@@H](C)C1. The fourth-order valence-corrected chi connectivity index (χ4v) is 3.51. The van der Waals surface area contributed by atoms with Crippen LogP contribution in [0.3, 0.4) is 0 Å². The number of hydrogen-bond acceptors (Lipinski definition) is 1. The Labute approximate surface area is 88.9 Å². The molecule has 0 aromatic carbocycles. The van der Waals surface area contributed by atoms with E-state index in [0.29, 0.717) is 0 Å². The summed E-state index contributed by atoms with van der Waals surface area (Å²) in [5.41, 5.74) is 0. The minimum absolute atomic E-state index is 0.750. The van der Waals surface area contributed by atoms with Crippen LogP contribution >= 0.6 is 0 Å². The van der Waals surface area contributed by atoms with E-state index in [-0.39, 0.29) is 0 Å². The molecule has 3 atom stereocenters. The molecule has 0 unspecified atom stereocenters. The molecule has 1 heterocycles. The van der Waals surface area contributed by atoms with Crippen molar-refractivity contribution in [3.05, 3.63) is 0 Å². The molecule has 1 heteroatoms. The van der Waals surface area contributed by atoms with E-state index in [1.165, 1.54) is 38.8 Å². The predicted octanol–water partition coefficient (Wildman–Crippen LogP) is 3.15. The molecule has 2 fully saturated rings. The summed E-state index contributed by atoms with van der Waals surface area (Å²) in [5, 5.41) is 0. The summed E-state index contributed by atoms with van der Waals surface area (Å²) >= 11 is 0. The lowest BCUT2D eigenvalue weighted by molar-refractivity contribution is 0.0249. The molecule has 1 aliphatic heterocycles. The van der Waals surface area contributed by atoms with Gasteiger partial charge >= 0.3 is 0 Å². The molecule has 14 heavy (non-hydrogen) atoms. The van der Waals surface area contributed by atoms with Crippen molar-refractivity contribution < 1.29 is 0 Å². The minimum atomic E-state index is 0.750. The highest BCUT2D eigenvalue weighted by Gasteiger charge is 2.36. The second-order valence-corrected chi connectivity index (χ2v) is 5.73. The molecule has 1 saturated carbocycles. The van der Waals surface area contributed by atoms with Gasteiger partial charge in [-0.25, -0.2) is 0 Å². The number of nitrogens with zero attached hydrogens (tertiary/aromatic N) is 1. The van der Waals surface area contributed by atoms with Crippen molar-refractivity contribution in [3.63, 3.8) is 0 Å². The van der Waals surface area contributed by atoms with E-state index in [9.17, 15) is 0 Å². The van der Waals surface area contributed by atoms with E-state index >= 15 is 0 Å². The average molecular weight is 195 g/mol. The Balaban J connectivity index is 2.00. The molecule has 0 spiro atoms. The monoisotopic (exact) mass is 195 g/mol. The van der Waals surface area contributed by atoms with Gasteiger partial charge in [0, 0.05) is 19.1 Å². The van der Waals surface area contributed by atoms with Crippen molar-refractivity contribution in [3.8, 4) is 0 Å². The third kappa shape index (κ3) is 1.98. The number of likely N-dealkylation sites (tertiary alicyclic amines) is 1. The maximum Gasteiger partial charge on any atom is 0.00388 e. The van der Waals surface area contributed by atoms with Crippen molar-refractivity contribution >= 4 is 0 Å². The first kappa shape index (κ1) is 10.5. The van der Waals surface area contributed by atoms with Gasteiger partial charge in [-0.05, 0) is 44.4 Å². The van der Waals surface area contributed by atoms with Crippen molar-refractivity contribution in [2.24, 2.45) is 17.8 Å². The molecule has 1 saturated heterocycles. The molecular weight excluding hydrogens is 170 g/mol. The van der Waals surface area contributed by atoms with E-state index in [4.69, 9.17) is 0 Å². The van der Waals surface area contributed by atoms with Crippen LogP contribution in [0, 0.1) is 17.8 Å². The second-order valence-electron chi connectivity index (χ2n) is 5.73. The zero-order valence-electron chi connectivity index (χ0n) is 10.00. The summed E-state index contributed by atoms with van der Waals surface area (Å²) in [5.74, 6) is 3.02. The van der Waals surface area contributed by atoms with Crippen LogP contribution in [0.15, 0.2) is 0 Å². The van der Waals surface area contributed by atoms with Crippen molar-refractivity contribution in [2.75, 3.05) is 13.1 Å². The van der Waals surface area contributed by atoms with Crippen LogP contribution in [0.25, 0.3) is 0 Å². The van der Waals surface area contributed by atoms with E-state index in [1.807, 2.05) is 0 Å². The maximum atomic E-state index is 2.69. The molecule has 0 radical (unpaired) electrons. The first-order chi connectivity index (χ1) is 6.68. The van der Waals surface area contributed by atoms with Gasteiger partial charge in [0.2, 0.25) is 0 Å². The summed E-state index contributed by atoms with van der Waals surface area (Å²) in [4.78, 5) is 2.69. The Morgan fingerprint density at radius 1 is 1.07 bits per heavy atom. The van der Waals surface area contributed by atoms with Crippen molar-refractivity contribution in [2.45, 2.75) is 52.5 Å². The molecule has 0 aromatic rings. The zero-order valence-corrected chi connectivity index (χ0v) is 10.00. The number of piperidine rings is 1. The van der Waals surface area contributed by atoms with E-state index in [2.05, 4.69) is 25.7 Å². The van der Waals surface area contributed by atoms with Gasteiger partial charge in [-0.2, -0.15) is 0 Å². The Morgan fingerprint density at radius 3 is 2.50 bits per heavy atom. The van der Waals surface area contributed by atoms with Crippen LogP contribution < -0.4 is 0 Å². The van der Waals surface area contributed by atoms with Gasteiger partial charge in [-0.3, -0.25) is 0 Å². The smallest absolute Gasteiger partial charge is 0.00388 e. The Hall–Kier alpha value is -0.0400. The van der Waals surface area contributed by atoms with Crippen LogP contribution in [0.1, 0.15) is 46.5 Å². The molecule has 2 rings (SSSR count). The Kier molecular flexibility index (Phi) is 3.16. The summed E-state index contributed by atoms with van der Waals surface area (Å²) < 4.78 is 0. The third-order valence-electron chi connectivity index (χ3n) is 4.42. The van der Waals surface area contributed by atoms with Crippen molar-refractivity contribution in [1.82, 2.24) is 4.90 Å². The number of rotatable bonds is 1. The fourth-order valence-electron chi connectivity index (χ4n) is 3.51. The average Bonchev–Trinajstić information content (AvgIpc) is 2.17. The lowest BCUT2D eigenvalue weighted by Crippen LogP contribution is -2.49. The highest BCUT2D eigenvalue weighted by molar-refractivity contribution is 4.88. The largest absolute Gasteiger partial charge is 0.300 e. The van der Waals surface area contributed by atoms with Crippen LogP contribution in [0.2, 0.25) is 0 Å². The molecule has 0 bridgehead atoms. The van der Waals surface area contributed by atoms with E-state index in [1.54, 1.807) is 0 Å². The Morgan fingerprint density at radius 2 is 1.79 bits per heavy atom.